The molecule has 0 bridgehead atoms. The van der Waals surface area contributed by atoms with Gasteiger partial charge < -0.3 is 15.5 Å². The second kappa shape index (κ2) is 6.53. The predicted molar refractivity (Wildman–Crippen MR) is 73.2 cm³/mol. The molecule has 18 heavy (non-hydrogen) atoms. The fourth-order valence-corrected chi connectivity index (χ4v) is 3.32. The average Bonchev–Trinajstić information content (AvgIpc) is 2.53. The van der Waals surface area contributed by atoms with Crippen molar-refractivity contribution in [1.29, 1.82) is 0 Å². The third-order valence-electron chi connectivity index (χ3n) is 4.45. The van der Waals surface area contributed by atoms with Gasteiger partial charge in [0.05, 0.1) is 5.92 Å². The molecular formula is C14H27N3O. The van der Waals surface area contributed by atoms with Crippen LogP contribution in [0.15, 0.2) is 0 Å². The molecule has 104 valence electrons. The molecule has 0 aromatic heterocycles. The van der Waals surface area contributed by atoms with E-state index in [1.54, 1.807) is 0 Å². The topological polar surface area (TPSA) is 49.6 Å². The summed E-state index contributed by atoms with van der Waals surface area (Å²) in [7, 11) is 2.08. The Kier molecular flexibility index (Phi) is 5.01. The van der Waals surface area contributed by atoms with Crippen molar-refractivity contribution in [1.82, 2.24) is 9.80 Å². The zero-order valence-electron chi connectivity index (χ0n) is 11.6. The number of carbonyl (C=O) groups is 1. The molecule has 2 fully saturated rings. The van der Waals surface area contributed by atoms with Crippen LogP contribution in [0.25, 0.3) is 0 Å². The minimum atomic E-state index is -0.141. The Morgan fingerprint density at radius 1 is 1.17 bits per heavy atom. The van der Waals surface area contributed by atoms with Crippen LogP contribution in [-0.2, 0) is 4.79 Å². The second-order valence-electron chi connectivity index (χ2n) is 6.13. The van der Waals surface area contributed by atoms with Crippen LogP contribution in [0.3, 0.4) is 0 Å². The molecule has 0 aromatic carbocycles. The van der Waals surface area contributed by atoms with Gasteiger partial charge in [0.25, 0.3) is 0 Å². The van der Waals surface area contributed by atoms with Crippen LogP contribution in [0.5, 0.6) is 0 Å². The summed E-state index contributed by atoms with van der Waals surface area (Å²) in [6.45, 7) is 4.97. The number of primary amides is 1. The van der Waals surface area contributed by atoms with Crippen LogP contribution in [0.1, 0.15) is 32.1 Å². The molecule has 0 radical (unpaired) electrons. The lowest BCUT2D eigenvalue weighted by Gasteiger charge is -2.29. The summed E-state index contributed by atoms with van der Waals surface area (Å²) in [6, 6.07) is 0. The van der Waals surface area contributed by atoms with E-state index >= 15 is 0 Å². The molecule has 1 saturated heterocycles. The van der Waals surface area contributed by atoms with E-state index < -0.39 is 0 Å². The predicted octanol–water partition coefficient (Wildman–Crippen LogP) is 0.916. The zero-order valence-corrected chi connectivity index (χ0v) is 11.6. The third kappa shape index (κ3) is 3.95. The molecule has 1 unspecified atom stereocenters. The Balaban J connectivity index is 1.88. The molecule has 1 saturated carbocycles. The summed E-state index contributed by atoms with van der Waals surface area (Å²) in [5.74, 6) is 0.703. The van der Waals surface area contributed by atoms with Gasteiger partial charge in [-0.25, -0.2) is 0 Å². The maximum Gasteiger partial charge on any atom is 0.223 e. The number of nitrogens with zero attached hydrogens (tertiary/aromatic N) is 2. The summed E-state index contributed by atoms with van der Waals surface area (Å²) >= 11 is 0. The quantitative estimate of drug-likeness (QED) is 0.813. The van der Waals surface area contributed by atoms with Gasteiger partial charge in [-0.1, -0.05) is 19.3 Å². The number of nitrogens with two attached hydrogens (primary N) is 1. The van der Waals surface area contributed by atoms with Gasteiger partial charge in [-0.3, -0.25) is 4.79 Å². The Hall–Kier alpha value is -0.610. The van der Waals surface area contributed by atoms with Crippen LogP contribution < -0.4 is 5.73 Å². The van der Waals surface area contributed by atoms with Gasteiger partial charge in [-0.15, -0.1) is 0 Å². The molecule has 0 spiro atoms. The number of amides is 1. The van der Waals surface area contributed by atoms with Gasteiger partial charge >= 0.3 is 0 Å². The molecule has 1 heterocycles. The molecule has 4 nitrogen and oxygen atoms in total. The lowest BCUT2D eigenvalue weighted by molar-refractivity contribution is -0.122. The lowest BCUT2D eigenvalue weighted by atomic mass is 9.89. The van der Waals surface area contributed by atoms with E-state index in [0.717, 1.165) is 38.6 Å². The summed E-state index contributed by atoms with van der Waals surface area (Å²) in [4.78, 5) is 16.2. The van der Waals surface area contributed by atoms with E-state index in [1.807, 2.05) is 0 Å². The Morgan fingerprint density at radius 3 is 2.56 bits per heavy atom. The number of hydrogen-bond acceptors (Lipinski definition) is 3. The SMILES string of the molecule is CN1CCN(CC2CCCCC2)CC(C(N)=O)C1. The van der Waals surface area contributed by atoms with E-state index in [2.05, 4.69) is 16.8 Å². The van der Waals surface area contributed by atoms with E-state index in [4.69, 9.17) is 5.73 Å². The van der Waals surface area contributed by atoms with Crippen molar-refractivity contribution in [3.05, 3.63) is 0 Å². The maximum atomic E-state index is 11.5. The van der Waals surface area contributed by atoms with E-state index in [9.17, 15) is 4.79 Å². The van der Waals surface area contributed by atoms with Crippen molar-refractivity contribution in [2.24, 2.45) is 17.6 Å². The molecular weight excluding hydrogens is 226 g/mol. The molecule has 2 N–H and O–H groups in total. The van der Waals surface area contributed by atoms with Crippen LogP contribution >= 0.6 is 0 Å². The van der Waals surface area contributed by atoms with Gasteiger partial charge in [-0.05, 0) is 25.8 Å². The smallest absolute Gasteiger partial charge is 0.223 e. The van der Waals surface area contributed by atoms with Gasteiger partial charge in [0.1, 0.15) is 0 Å². The summed E-state index contributed by atoms with van der Waals surface area (Å²) in [6.07, 6.45) is 6.92. The van der Waals surface area contributed by atoms with Gasteiger partial charge in [0.15, 0.2) is 0 Å². The standard InChI is InChI=1S/C14H27N3O/c1-16-7-8-17(11-13(10-16)14(15)18)9-12-5-3-2-4-6-12/h12-13H,2-11H2,1H3,(H2,15,18). The largest absolute Gasteiger partial charge is 0.369 e. The Labute approximate surface area is 110 Å². The maximum absolute atomic E-state index is 11.5. The molecule has 2 aliphatic rings. The van der Waals surface area contributed by atoms with Crippen LogP contribution in [0.2, 0.25) is 0 Å². The van der Waals surface area contributed by atoms with Gasteiger partial charge in [0, 0.05) is 32.7 Å². The minimum absolute atomic E-state index is 0.00101. The second-order valence-corrected chi connectivity index (χ2v) is 6.13. The molecule has 1 amide bonds. The molecule has 1 atom stereocenters. The highest BCUT2D eigenvalue weighted by Gasteiger charge is 2.26. The summed E-state index contributed by atoms with van der Waals surface area (Å²) in [5.41, 5.74) is 5.50. The lowest BCUT2D eigenvalue weighted by Crippen LogP contribution is -2.39. The highest BCUT2D eigenvalue weighted by atomic mass is 16.1. The average molecular weight is 253 g/mol. The molecule has 0 aromatic rings. The third-order valence-corrected chi connectivity index (χ3v) is 4.45. The van der Waals surface area contributed by atoms with Gasteiger partial charge in [-0.2, -0.15) is 0 Å². The van der Waals surface area contributed by atoms with Crippen molar-refractivity contribution in [2.45, 2.75) is 32.1 Å². The Morgan fingerprint density at radius 2 is 1.89 bits per heavy atom. The van der Waals surface area contributed by atoms with Gasteiger partial charge in [0.2, 0.25) is 5.91 Å². The molecule has 2 rings (SSSR count). The highest BCUT2D eigenvalue weighted by Crippen LogP contribution is 2.25. The van der Waals surface area contributed by atoms with E-state index in [-0.39, 0.29) is 11.8 Å². The first kappa shape index (κ1) is 13.8. The minimum Gasteiger partial charge on any atom is -0.369 e. The highest BCUT2D eigenvalue weighted by molar-refractivity contribution is 5.77. The summed E-state index contributed by atoms with van der Waals surface area (Å²) < 4.78 is 0. The van der Waals surface area contributed by atoms with E-state index in [1.165, 1.54) is 32.1 Å². The zero-order chi connectivity index (χ0) is 13.0. The molecule has 4 heteroatoms. The van der Waals surface area contributed by atoms with Crippen molar-refractivity contribution < 1.29 is 4.79 Å². The van der Waals surface area contributed by atoms with Crippen molar-refractivity contribution in [3.8, 4) is 0 Å². The first-order valence-corrected chi connectivity index (χ1v) is 7.35. The van der Waals surface area contributed by atoms with Crippen LogP contribution in [-0.4, -0.2) is 55.5 Å². The van der Waals surface area contributed by atoms with Crippen molar-refractivity contribution >= 4 is 5.91 Å². The number of hydrogen-bond donors (Lipinski definition) is 1. The Bertz CT molecular complexity index is 276. The van der Waals surface area contributed by atoms with Crippen LogP contribution in [0, 0.1) is 11.8 Å². The molecule has 1 aliphatic heterocycles. The number of carbonyl (C=O) groups excluding carboxylic acids is 1. The number of rotatable bonds is 3. The van der Waals surface area contributed by atoms with Crippen molar-refractivity contribution in [2.75, 3.05) is 39.8 Å². The monoisotopic (exact) mass is 253 g/mol. The summed E-state index contributed by atoms with van der Waals surface area (Å²) in [5, 5.41) is 0. The van der Waals surface area contributed by atoms with Crippen LogP contribution in [0.4, 0.5) is 0 Å². The first-order chi connectivity index (χ1) is 8.65. The fraction of sp³-hybridized carbons (Fsp3) is 0.929. The normalized spacial score (nSPS) is 29.1. The van der Waals surface area contributed by atoms with Crippen molar-refractivity contribution in [3.63, 3.8) is 0 Å². The number of likely N-dealkylation sites (N-methyl/N-ethyl adjacent to an activating group) is 1. The first-order valence-electron chi connectivity index (χ1n) is 7.35. The molecule has 1 aliphatic carbocycles. The fourth-order valence-electron chi connectivity index (χ4n) is 3.32. The van der Waals surface area contributed by atoms with E-state index in [0.29, 0.717) is 0 Å².